The van der Waals surface area contributed by atoms with Gasteiger partial charge in [-0.3, -0.25) is 9.59 Å². The summed E-state index contributed by atoms with van der Waals surface area (Å²) in [6.45, 7) is 11.7. The highest BCUT2D eigenvalue weighted by Gasteiger charge is 2.50. The van der Waals surface area contributed by atoms with E-state index in [1.54, 1.807) is 0 Å². The number of carbonyl (C=O) groups excluding carboxylic acids is 2. The largest absolute Gasteiger partial charge is 0.490 e. The average molecular weight is 787 g/mol. The first-order valence-electron chi connectivity index (χ1n) is 16.5. The maximum atomic E-state index is 14.3. The molecular weight excluding hydrogens is 741 g/mol. The molecule has 3 aliphatic carbocycles. The highest BCUT2D eigenvalue weighted by Crippen LogP contribution is 2.56. The summed E-state index contributed by atoms with van der Waals surface area (Å²) >= 11 is 5.83. The quantitative estimate of drug-likeness (QED) is 0.262. The maximum Gasteiger partial charge on any atom is 0.174 e. The van der Waals surface area contributed by atoms with Gasteiger partial charge >= 0.3 is 0 Å². The highest BCUT2D eigenvalue weighted by molar-refractivity contribution is 14.1. The van der Waals surface area contributed by atoms with Crippen LogP contribution >= 0.6 is 38.5 Å². The lowest BCUT2D eigenvalue weighted by atomic mass is 9.63. The van der Waals surface area contributed by atoms with Crippen LogP contribution in [0.3, 0.4) is 0 Å². The second-order valence-corrected chi connectivity index (χ2v) is 17.0. The molecule has 0 radical (unpaired) electrons. The van der Waals surface area contributed by atoms with Crippen LogP contribution in [0.2, 0.25) is 0 Å². The van der Waals surface area contributed by atoms with Crippen molar-refractivity contribution in [1.29, 1.82) is 0 Å². The topological polar surface area (TPSA) is 55.8 Å². The van der Waals surface area contributed by atoms with Gasteiger partial charge in [0, 0.05) is 51.8 Å². The molecule has 7 heteroatoms. The average Bonchev–Trinajstić information content (AvgIpc) is 2.96. The molecular formula is C38H45BrINO4. The molecule has 0 amide bonds. The van der Waals surface area contributed by atoms with Crippen LogP contribution in [0.15, 0.2) is 63.4 Å². The lowest BCUT2D eigenvalue weighted by molar-refractivity contribution is -0.119. The second kappa shape index (κ2) is 12.8. The molecule has 0 spiro atoms. The zero-order chi connectivity index (χ0) is 32.1. The first-order chi connectivity index (χ1) is 21.4. The fourth-order valence-corrected chi connectivity index (χ4v) is 9.05. The van der Waals surface area contributed by atoms with Gasteiger partial charge in [-0.05, 0) is 101 Å². The lowest BCUT2D eigenvalue weighted by Gasteiger charge is -2.52. The SMILES string of the molecule is CCOc1cc(C2C3=C(CC(C)(C)CC3=O)N(C3CCCCC3)C3=C2C(=O)CC(C)(C)C3)cc(I)c1OCc1ccc(Br)cc1. The number of allylic oxidation sites excluding steroid dienone is 4. The number of carbonyl (C=O) groups is 2. The van der Waals surface area contributed by atoms with Crippen LogP contribution in [-0.4, -0.2) is 29.1 Å². The summed E-state index contributed by atoms with van der Waals surface area (Å²) in [4.78, 5) is 31.2. The minimum Gasteiger partial charge on any atom is -0.490 e. The number of benzene rings is 2. The van der Waals surface area contributed by atoms with Crippen molar-refractivity contribution in [3.05, 3.63) is 78.1 Å². The van der Waals surface area contributed by atoms with Gasteiger partial charge in [0.1, 0.15) is 6.61 Å². The minimum absolute atomic E-state index is 0.130. The molecule has 2 aromatic carbocycles. The Morgan fingerprint density at radius 3 is 1.98 bits per heavy atom. The summed E-state index contributed by atoms with van der Waals surface area (Å²) < 4.78 is 14.5. The van der Waals surface area contributed by atoms with Gasteiger partial charge in [-0.1, -0.05) is 75.0 Å². The maximum absolute atomic E-state index is 14.3. The molecule has 4 aliphatic rings. The summed E-state index contributed by atoms with van der Waals surface area (Å²) in [6.07, 6.45) is 8.54. The number of halogens is 2. The van der Waals surface area contributed by atoms with Crippen molar-refractivity contribution in [3.8, 4) is 11.5 Å². The van der Waals surface area contributed by atoms with E-state index in [0.717, 1.165) is 56.0 Å². The Balaban J connectivity index is 1.51. The Labute approximate surface area is 290 Å². The molecule has 0 N–H and O–H groups in total. The number of nitrogens with zero attached hydrogens (tertiary/aromatic N) is 1. The van der Waals surface area contributed by atoms with E-state index in [1.165, 1.54) is 30.7 Å². The van der Waals surface area contributed by atoms with Crippen LogP contribution in [0.25, 0.3) is 0 Å². The smallest absolute Gasteiger partial charge is 0.174 e. The van der Waals surface area contributed by atoms with E-state index < -0.39 is 5.92 Å². The molecule has 1 heterocycles. The van der Waals surface area contributed by atoms with Gasteiger partial charge in [-0.15, -0.1) is 0 Å². The molecule has 2 aromatic rings. The first kappa shape index (κ1) is 32.8. The molecule has 1 saturated carbocycles. The number of ketones is 2. The normalized spacial score (nSPS) is 22.0. The fourth-order valence-electron chi connectivity index (χ4n) is 8.00. The molecule has 0 atom stereocenters. The van der Waals surface area contributed by atoms with Crippen molar-refractivity contribution < 1.29 is 19.1 Å². The monoisotopic (exact) mass is 785 g/mol. The van der Waals surface area contributed by atoms with Crippen molar-refractivity contribution in [3.63, 3.8) is 0 Å². The number of hydrogen-bond donors (Lipinski definition) is 0. The predicted molar refractivity (Wildman–Crippen MR) is 190 cm³/mol. The van der Waals surface area contributed by atoms with Gasteiger partial charge in [-0.25, -0.2) is 0 Å². The first-order valence-corrected chi connectivity index (χ1v) is 18.4. The van der Waals surface area contributed by atoms with Gasteiger partial charge in [0.2, 0.25) is 0 Å². The van der Waals surface area contributed by atoms with E-state index in [4.69, 9.17) is 9.47 Å². The van der Waals surface area contributed by atoms with E-state index in [1.807, 2.05) is 37.3 Å². The van der Waals surface area contributed by atoms with Gasteiger partial charge in [0.25, 0.3) is 0 Å². The van der Waals surface area contributed by atoms with E-state index in [9.17, 15) is 9.59 Å². The van der Waals surface area contributed by atoms with Crippen LogP contribution in [0.1, 0.15) is 109 Å². The third kappa shape index (κ3) is 6.67. The van der Waals surface area contributed by atoms with Gasteiger partial charge in [-0.2, -0.15) is 0 Å². The number of ether oxygens (including phenoxy) is 2. The van der Waals surface area contributed by atoms with Crippen molar-refractivity contribution >= 4 is 50.1 Å². The molecule has 240 valence electrons. The third-order valence-corrected chi connectivity index (χ3v) is 11.2. The van der Waals surface area contributed by atoms with Crippen molar-refractivity contribution in [2.45, 2.75) is 111 Å². The molecule has 0 bridgehead atoms. The predicted octanol–water partition coefficient (Wildman–Crippen LogP) is 10.0. The molecule has 0 saturated heterocycles. The van der Waals surface area contributed by atoms with E-state index in [0.29, 0.717) is 43.6 Å². The lowest BCUT2D eigenvalue weighted by Crippen LogP contribution is -2.48. The van der Waals surface area contributed by atoms with E-state index in [-0.39, 0.29) is 22.4 Å². The Bertz CT molecular complexity index is 1510. The Morgan fingerprint density at radius 2 is 1.42 bits per heavy atom. The molecule has 1 aliphatic heterocycles. The summed E-state index contributed by atoms with van der Waals surface area (Å²) in [5.74, 6) is 1.32. The molecule has 6 rings (SSSR count). The van der Waals surface area contributed by atoms with Crippen LogP contribution in [0.4, 0.5) is 0 Å². The molecule has 5 nitrogen and oxygen atoms in total. The Morgan fingerprint density at radius 1 is 0.844 bits per heavy atom. The Kier molecular flexibility index (Phi) is 9.34. The summed E-state index contributed by atoms with van der Waals surface area (Å²) in [5, 5.41) is 0. The Hall–Kier alpha value is -2.13. The van der Waals surface area contributed by atoms with E-state index >= 15 is 0 Å². The zero-order valence-electron chi connectivity index (χ0n) is 27.2. The summed E-state index contributed by atoms with van der Waals surface area (Å²) in [5.41, 5.74) is 5.77. The van der Waals surface area contributed by atoms with Gasteiger partial charge in [0.05, 0.1) is 10.2 Å². The summed E-state index contributed by atoms with van der Waals surface area (Å²) in [6, 6.07) is 12.6. The molecule has 0 unspecified atom stereocenters. The number of hydrogen-bond acceptors (Lipinski definition) is 5. The highest BCUT2D eigenvalue weighted by atomic mass is 127. The second-order valence-electron chi connectivity index (χ2n) is 14.9. The van der Waals surface area contributed by atoms with Crippen molar-refractivity contribution in [1.82, 2.24) is 4.90 Å². The standard InChI is InChI=1S/C38H45BrINO4/c1-6-44-32-17-24(16-27(40)36(32)45-22-23-12-14-25(39)15-13-23)33-34-28(18-37(2,3)20-30(34)42)41(26-10-8-7-9-11-26)29-19-38(4,5)21-31(43)35(29)33/h12-17,26,33H,6-11,18-22H2,1-5H3. The number of Topliss-reactive ketones (excluding diaryl/α,β-unsaturated/α-hetero) is 2. The van der Waals surface area contributed by atoms with Crippen LogP contribution in [0.5, 0.6) is 11.5 Å². The van der Waals surface area contributed by atoms with Crippen LogP contribution in [-0.2, 0) is 16.2 Å². The van der Waals surface area contributed by atoms with Crippen LogP contribution < -0.4 is 9.47 Å². The summed E-state index contributed by atoms with van der Waals surface area (Å²) in [7, 11) is 0. The van der Waals surface area contributed by atoms with Gasteiger partial charge in [0.15, 0.2) is 23.1 Å². The molecule has 0 aromatic heterocycles. The van der Waals surface area contributed by atoms with Crippen molar-refractivity contribution in [2.75, 3.05) is 6.61 Å². The van der Waals surface area contributed by atoms with E-state index in [2.05, 4.69) is 77.2 Å². The molecule has 45 heavy (non-hydrogen) atoms. The van der Waals surface area contributed by atoms with Crippen molar-refractivity contribution in [2.24, 2.45) is 10.8 Å². The zero-order valence-corrected chi connectivity index (χ0v) is 31.0. The minimum atomic E-state index is -0.393. The number of rotatable bonds is 7. The fraction of sp³-hybridized carbons (Fsp3) is 0.526. The van der Waals surface area contributed by atoms with Gasteiger partial charge < -0.3 is 14.4 Å². The third-order valence-electron chi connectivity index (χ3n) is 9.85. The van der Waals surface area contributed by atoms with Crippen LogP contribution in [0, 0.1) is 14.4 Å². The molecule has 1 fully saturated rings.